The van der Waals surface area contributed by atoms with Crippen molar-refractivity contribution in [3.8, 4) is 11.5 Å². The van der Waals surface area contributed by atoms with Crippen LogP contribution in [-0.4, -0.2) is 70.5 Å². The molecule has 0 saturated carbocycles. The second kappa shape index (κ2) is 11.9. The van der Waals surface area contributed by atoms with Gasteiger partial charge in [-0.25, -0.2) is 13.2 Å². The van der Waals surface area contributed by atoms with Crippen molar-refractivity contribution in [3.63, 3.8) is 0 Å². The minimum Gasteiger partial charge on any atom is -0.493 e. The van der Waals surface area contributed by atoms with E-state index >= 15 is 0 Å². The highest BCUT2D eigenvalue weighted by molar-refractivity contribution is 7.89. The summed E-state index contributed by atoms with van der Waals surface area (Å²) in [4.78, 5) is 27.6. The highest BCUT2D eigenvalue weighted by Crippen LogP contribution is 2.33. The maximum Gasteiger partial charge on any atom is 0.329 e. The van der Waals surface area contributed by atoms with Crippen LogP contribution >= 0.6 is 0 Å². The van der Waals surface area contributed by atoms with E-state index in [-0.39, 0.29) is 36.7 Å². The van der Waals surface area contributed by atoms with Gasteiger partial charge in [-0.3, -0.25) is 10.2 Å². The van der Waals surface area contributed by atoms with E-state index in [4.69, 9.17) is 25.4 Å². The van der Waals surface area contributed by atoms with Gasteiger partial charge in [0, 0.05) is 18.5 Å². The first-order valence-electron chi connectivity index (χ1n) is 12.7. The maximum atomic E-state index is 13.4. The standard InChI is InChI=1S/C28H32N4O7S/c1-4-39-28(34)23(13-17-5-7-18(8-6-17)26(29)30)32-12-11-22(27(32)33)31-40(35,36)21-10-9-19-15-24(37-2)25(38-3)16-20(19)14-21/h5-10,14-16,22-23,31H,4,11-13H2,1-3H3,(H3,29,30). The number of benzene rings is 3. The van der Waals surface area contributed by atoms with Gasteiger partial charge in [-0.1, -0.05) is 30.3 Å². The second-order valence-electron chi connectivity index (χ2n) is 9.29. The van der Waals surface area contributed by atoms with Gasteiger partial charge in [0.05, 0.1) is 25.7 Å². The molecule has 1 saturated heterocycles. The fourth-order valence-electron chi connectivity index (χ4n) is 4.70. The van der Waals surface area contributed by atoms with E-state index < -0.39 is 34.0 Å². The van der Waals surface area contributed by atoms with Crippen molar-refractivity contribution < 1.29 is 32.2 Å². The molecule has 0 bridgehead atoms. The Bertz CT molecular complexity index is 1540. The van der Waals surface area contributed by atoms with Gasteiger partial charge in [0.15, 0.2) is 11.5 Å². The zero-order chi connectivity index (χ0) is 29.0. The van der Waals surface area contributed by atoms with E-state index in [1.54, 1.807) is 49.4 Å². The van der Waals surface area contributed by atoms with E-state index in [9.17, 15) is 18.0 Å². The van der Waals surface area contributed by atoms with Crippen LogP contribution in [0.15, 0.2) is 59.5 Å². The number of hydrogen-bond acceptors (Lipinski definition) is 8. The molecule has 2 atom stereocenters. The Morgan fingerprint density at radius 1 is 1.07 bits per heavy atom. The van der Waals surface area contributed by atoms with Crippen LogP contribution in [0.1, 0.15) is 24.5 Å². The van der Waals surface area contributed by atoms with Gasteiger partial charge in [0.1, 0.15) is 17.9 Å². The molecule has 3 aromatic rings. The number of nitrogen functional groups attached to an aromatic ring is 1. The van der Waals surface area contributed by atoms with Gasteiger partial charge in [0.25, 0.3) is 0 Å². The molecule has 1 amide bonds. The zero-order valence-electron chi connectivity index (χ0n) is 22.5. The van der Waals surface area contributed by atoms with Crippen LogP contribution in [0.2, 0.25) is 0 Å². The number of esters is 1. The number of nitrogens with one attached hydrogen (secondary N) is 2. The number of rotatable bonds is 11. The van der Waals surface area contributed by atoms with Gasteiger partial charge < -0.3 is 24.8 Å². The van der Waals surface area contributed by atoms with Crippen LogP contribution in [0.25, 0.3) is 10.8 Å². The number of hydrogen-bond donors (Lipinski definition) is 3. The van der Waals surface area contributed by atoms with Crippen LogP contribution in [0.3, 0.4) is 0 Å². The lowest BCUT2D eigenvalue weighted by Crippen LogP contribution is -2.48. The van der Waals surface area contributed by atoms with Crippen LogP contribution in [-0.2, 0) is 30.8 Å². The van der Waals surface area contributed by atoms with Gasteiger partial charge in [-0.2, -0.15) is 4.72 Å². The number of carbonyl (C=O) groups is 2. The number of methoxy groups -OCH3 is 2. The summed E-state index contributed by atoms with van der Waals surface area (Å²) in [6.07, 6.45) is 0.355. The summed E-state index contributed by atoms with van der Waals surface area (Å²) < 4.78 is 45.0. The number of nitrogens with zero attached hydrogens (tertiary/aromatic N) is 1. The number of sulfonamides is 1. The molecule has 12 heteroatoms. The molecule has 0 spiro atoms. The average molecular weight is 569 g/mol. The van der Waals surface area contributed by atoms with Crippen LogP contribution in [0.4, 0.5) is 0 Å². The largest absolute Gasteiger partial charge is 0.493 e. The number of fused-ring (bicyclic) bond motifs is 1. The molecule has 2 unspecified atom stereocenters. The quantitative estimate of drug-likeness (QED) is 0.180. The molecule has 4 rings (SSSR count). The Balaban J connectivity index is 1.54. The first-order chi connectivity index (χ1) is 19.1. The molecule has 0 radical (unpaired) electrons. The van der Waals surface area contributed by atoms with Crippen molar-refractivity contribution in [1.82, 2.24) is 9.62 Å². The lowest BCUT2D eigenvalue weighted by Gasteiger charge is -2.26. The molecule has 1 aliphatic rings. The normalized spacial score (nSPS) is 16.1. The van der Waals surface area contributed by atoms with Crippen LogP contribution in [0, 0.1) is 5.41 Å². The van der Waals surface area contributed by atoms with E-state index in [2.05, 4.69) is 4.72 Å². The molecule has 1 heterocycles. The predicted molar refractivity (Wildman–Crippen MR) is 149 cm³/mol. The lowest BCUT2D eigenvalue weighted by molar-refractivity contribution is -0.153. The summed E-state index contributed by atoms with van der Waals surface area (Å²) >= 11 is 0. The first kappa shape index (κ1) is 28.8. The summed E-state index contributed by atoms with van der Waals surface area (Å²) in [5, 5.41) is 8.93. The van der Waals surface area contributed by atoms with Crippen molar-refractivity contribution in [2.24, 2.45) is 5.73 Å². The van der Waals surface area contributed by atoms with Gasteiger partial charge >= 0.3 is 5.97 Å². The number of nitrogens with two attached hydrogens (primary N) is 1. The molecule has 40 heavy (non-hydrogen) atoms. The van der Waals surface area contributed by atoms with Gasteiger partial charge in [-0.05, 0) is 53.9 Å². The zero-order valence-corrected chi connectivity index (χ0v) is 23.3. The Morgan fingerprint density at radius 2 is 1.73 bits per heavy atom. The smallest absolute Gasteiger partial charge is 0.329 e. The van der Waals surface area contributed by atoms with Crippen molar-refractivity contribution in [1.29, 1.82) is 5.41 Å². The molecule has 0 aliphatic carbocycles. The van der Waals surface area contributed by atoms with Crippen molar-refractivity contribution in [2.75, 3.05) is 27.4 Å². The number of amidine groups is 1. The highest BCUT2D eigenvalue weighted by Gasteiger charge is 2.41. The number of carbonyl (C=O) groups excluding carboxylic acids is 2. The van der Waals surface area contributed by atoms with Gasteiger partial charge in [0.2, 0.25) is 15.9 Å². The number of likely N-dealkylation sites (tertiary alicyclic amines) is 1. The summed E-state index contributed by atoms with van der Waals surface area (Å²) in [6, 6.07) is 12.9. The van der Waals surface area contributed by atoms with Crippen LogP contribution < -0.4 is 19.9 Å². The average Bonchev–Trinajstić information content (AvgIpc) is 3.29. The van der Waals surface area contributed by atoms with E-state index in [0.717, 1.165) is 10.9 Å². The molecule has 3 aromatic carbocycles. The monoisotopic (exact) mass is 568 g/mol. The van der Waals surface area contributed by atoms with Crippen molar-refractivity contribution in [2.45, 2.75) is 36.7 Å². The van der Waals surface area contributed by atoms with E-state index in [1.807, 2.05) is 0 Å². The van der Waals surface area contributed by atoms with E-state index in [1.165, 1.54) is 31.3 Å². The summed E-state index contributed by atoms with van der Waals surface area (Å²) in [5.74, 6) is -0.182. The number of amides is 1. The van der Waals surface area contributed by atoms with E-state index in [0.29, 0.717) is 22.4 Å². The molecule has 11 nitrogen and oxygen atoms in total. The van der Waals surface area contributed by atoms with Crippen molar-refractivity contribution in [3.05, 3.63) is 65.7 Å². The Labute approximate surface area is 232 Å². The minimum atomic E-state index is -4.07. The van der Waals surface area contributed by atoms with Gasteiger partial charge in [-0.15, -0.1) is 0 Å². The summed E-state index contributed by atoms with van der Waals surface area (Å²) in [6.45, 7) is 1.99. The highest BCUT2D eigenvalue weighted by atomic mass is 32.2. The number of ether oxygens (including phenoxy) is 3. The Morgan fingerprint density at radius 3 is 2.33 bits per heavy atom. The summed E-state index contributed by atoms with van der Waals surface area (Å²) in [7, 11) is -1.06. The SMILES string of the molecule is CCOC(=O)C(Cc1ccc(C(=N)N)cc1)N1CCC(NS(=O)(=O)c2ccc3cc(OC)c(OC)cc3c2)C1=O. The third-order valence-electron chi connectivity index (χ3n) is 6.79. The Hall–Kier alpha value is -4.16. The molecular weight excluding hydrogens is 536 g/mol. The Kier molecular flexibility index (Phi) is 8.60. The predicted octanol–water partition coefficient (Wildman–Crippen LogP) is 2.19. The molecule has 1 aliphatic heterocycles. The lowest BCUT2D eigenvalue weighted by atomic mass is 10.0. The van der Waals surface area contributed by atoms with Crippen molar-refractivity contribution >= 4 is 38.5 Å². The first-order valence-corrected chi connectivity index (χ1v) is 14.1. The second-order valence-corrected chi connectivity index (χ2v) is 11.0. The minimum absolute atomic E-state index is 0.00836. The molecular formula is C28H32N4O7S. The third-order valence-corrected chi connectivity index (χ3v) is 8.26. The fourth-order valence-corrected chi connectivity index (χ4v) is 5.96. The maximum absolute atomic E-state index is 13.4. The van der Waals surface area contributed by atoms with Crippen LogP contribution in [0.5, 0.6) is 11.5 Å². The molecule has 0 aromatic heterocycles. The molecule has 1 fully saturated rings. The topological polar surface area (TPSA) is 161 Å². The molecule has 4 N–H and O–H groups in total. The third kappa shape index (κ3) is 6.02. The molecule has 212 valence electrons. The summed E-state index contributed by atoms with van der Waals surface area (Å²) in [5.41, 5.74) is 6.80. The fraction of sp³-hybridized carbons (Fsp3) is 0.321.